The van der Waals surface area contributed by atoms with E-state index in [-0.39, 0.29) is 30.4 Å². The van der Waals surface area contributed by atoms with E-state index in [0.29, 0.717) is 0 Å². The molecule has 0 bridgehead atoms. The van der Waals surface area contributed by atoms with Gasteiger partial charge in [0.15, 0.2) is 0 Å². The largest absolute Gasteiger partial charge is 0.481 e. The number of hydrogen-bond acceptors (Lipinski definition) is 3. The van der Waals surface area contributed by atoms with E-state index in [1.807, 2.05) is 0 Å². The van der Waals surface area contributed by atoms with E-state index < -0.39 is 29.6 Å². The lowest BCUT2D eigenvalue weighted by molar-refractivity contribution is -0.143. The molecule has 1 aliphatic heterocycles. The summed E-state index contributed by atoms with van der Waals surface area (Å²) in [5, 5.41) is 9.18. The first-order chi connectivity index (χ1) is 9.82. The molecule has 1 aromatic rings. The van der Waals surface area contributed by atoms with Crippen LogP contribution in [0.15, 0.2) is 12.1 Å². The van der Waals surface area contributed by atoms with Crippen LogP contribution in [0.5, 0.6) is 0 Å². The molecular weight excluding hydrogens is 280 g/mol. The molecule has 3 unspecified atom stereocenters. The normalized spacial score (nSPS) is 23.5. The van der Waals surface area contributed by atoms with Crippen molar-refractivity contribution in [1.82, 2.24) is 4.90 Å². The molecule has 4 nitrogen and oxygen atoms in total. The Labute approximate surface area is 122 Å². The maximum absolute atomic E-state index is 14.0. The van der Waals surface area contributed by atoms with Crippen molar-refractivity contribution in [3.05, 3.63) is 34.9 Å². The van der Waals surface area contributed by atoms with Crippen molar-refractivity contribution in [2.45, 2.75) is 25.9 Å². The Morgan fingerprint density at radius 2 is 2.05 bits per heavy atom. The molecule has 6 heteroatoms. The highest BCUT2D eigenvalue weighted by molar-refractivity contribution is 5.71. The van der Waals surface area contributed by atoms with Gasteiger partial charge in [0, 0.05) is 17.6 Å². The average molecular weight is 299 g/mol. The second-order valence-corrected chi connectivity index (χ2v) is 5.51. The maximum Gasteiger partial charge on any atom is 0.310 e. The minimum absolute atomic E-state index is 0.141. The highest BCUT2D eigenvalue weighted by Gasteiger charge is 2.38. The van der Waals surface area contributed by atoms with Crippen LogP contribution in [-0.4, -0.2) is 42.3 Å². The Morgan fingerprint density at radius 3 is 2.67 bits per heavy atom. The third-order valence-electron chi connectivity index (χ3n) is 4.23. The molecule has 0 radical (unpaired) electrons. The molecule has 116 valence electrons. The fraction of sp³-hybridized carbons (Fsp3) is 0.533. The van der Waals surface area contributed by atoms with Gasteiger partial charge in [-0.1, -0.05) is 0 Å². The van der Waals surface area contributed by atoms with Crippen molar-refractivity contribution < 1.29 is 23.4 Å². The summed E-state index contributed by atoms with van der Waals surface area (Å²) in [6, 6.07) is 1.53. The predicted octanol–water partition coefficient (Wildman–Crippen LogP) is 2.37. The van der Waals surface area contributed by atoms with Crippen LogP contribution < -0.4 is 0 Å². The van der Waals surface area contributed by atoms with Gasteiger partial charge in [-0.2, -0.15) is 0 Å². The van der Waals surface area contributed by atoms with Gasteiger partial charge in [0.25, 0.3) is 0 Å². The lowest BCUT2D eigenvalue weighted by Crippen LogP contribution is -2.42. The van der Waals surface area contributed by atoms with Gasteiger partial charge in [0.05, 0.1) is 19.1 Å². The van der Waals surface area contributed by atoms with Crippen molar-refractivity contribution in [2.24, 2.45) is 5.92 Å². The second kappa shape index (κ2) is 6.07. The van der Waals surface area contributed by atoms with Crippen LogP contribution in [0.3, 0.4) is 0 Å². The molecule has 1 fully saturated rings. The lowest BCUT2D eigenvalue weighted by Gasteiger charge is -2.32. The Hall–Kier alpha value is -1.53. The molecule has 21 heavy (non-hydrogen) atoms. The Kier molecular flexibility index (Phi) is 4.58. The molecule has 0 saturated carbocycles. The molecule has 0 amide bonds. The SMILES string of the molecule is Cc1cc(F)c(C(C)N(C)C2COCC2C(=O)O)cc1F. The summed E-state index contributed by atoms with van der Waals surface area (Å²) in [4.78, 5) is 12.9. The number of benzene rings is 1. The number of aryl methyl sites for hydroxylation is 1. The number of aliphatic carboxylic acids is 1. The van der Waals surface area contributed by atoms with E-state index in [1.54, 1.807) is 18.9 Å². The van der Waals surface area contributed by atoms with E-state index in [1.165, 1.54) is 13.0 Å². The van der Waals surface area contributed by atoms with Gasteiger partial charge in [-0.3, -0.25) is 9.69 Å². The van der Waals surface area contributed by atoms with Gasteiger partial charge in [-0.15, -0.1) is 0 Å². The number of hydrogen-bond donors (Lipinski definition) is 1. The summed E-state index contributed by atoms with van der Waals surface area (Å²) < 4.78 is 32.9. The maximum atomic E-state index is 14.0. The van der Waals surface area contributed by atoms with Gasteiger partial charge in [-0.25, -0.2) is 8.78 Å². The van der Waals surface area contributed by atoms with Crippen LogP contribution in [0.1, 0.15) is 24.1 Å². The highest BCUT2D eigenvalue weighted by Crippen LogP contribution is 2.30. The predicted molar refractivity (Wildman–Crippen MR) is 73.0 cm³/mol. The summed E-state index contributed by atoms with van der Waals surface area (Å²) in [6.07, 6.45) is 0. The van der Waals surface area contributed by atoms with Crippen molar-refractivity contribution >= 4 is 5.97 Å². The molecule has 1 aromatic carbocycles. The monoisotopic (exact) mass is 299 g/mol. The van der Waals surface area contributed by atoms with Gasteiger partial charge in [0.1, 0.15) is 11.6 Å². The molecule has 0 spiro atoms. The van der Waals surface area contributed by atoms with Crippen LogP contribution >= 0.6 is 0 Å². The molecule has 0 aromatic heterocycles. The molecule has 2 rings (SSSR count). The molecule has 1 saturated heterocycles. The van der Waals surface area contributed by atoms with Gasteiger partial charge < -0.3 is 9.84 Å². The summed E-state index contributed by atoms with van der Waals surface area (Å²) in [5.41, 5.74) is 0.468. The fourth-order valence-electron chi connectivity index (χ4n) is 2.67. The van der Waals surface area contributed by atoms with Crippen molar-refractivity contribution in [1.29, 1.82) is 0 Å². The van der Waals surface area contributed by atoms with Crippen LogP contribution in [0.25, 0.3) is 0 Å². The van der Waals surface area contributed by atoms with E-state index in [0.717, 1.165) is 6.07 Å². The first-order valence-electron chi connectivity index (χ1n) is 6.81. The third kappa shape index (κ3) is 3.06. The number of rotatable bonds is 4. The average Bonchev–Trinajstić information content (AvgIpc) is 2.90. The van der Waals surface area contributed by atoms with Crippen molar-refractivity contribution in [3.8, 4) is 0 Å². The lowest BCUT2D eigenvalue weighted by atomic mass is 9.98. The van der Waals surface area contributed by atoms with Crippen molar-refractivity contribution in [2.75, 3.05) is 20.3 Å². The Bertz CT molecular complexity index is 550. The Balaban J connectivity index is 2.25. The topological polar surface area (TPSA) is 49.8 Å². The van der Waals surface area contributed by atoms with Gasteiger partial charge in [0.2, 0.25) is 0 Å². The summed E-state index contributed by atoms with van der Waals surface area (Å²) in [7, 11) is 1.71. The zero-order valence-electron chi connectivity index (χ0n) is 12.3. The quantitative estimate of drug-likeness (QED) is 0.927. The molecule has 1 heterocycles. The smallest absolute Gasteiger partial charge is 0.310 e. The van der Waals surface area contributed by atoms with Gasteiger partial charge in [-0.05, 0) is 38.6 Å². The standard InChI is InChI=1S/C15H19F2NO3/c1-8-4-13(17)10(5-12(8)16)9(2)18(3)14-7-21-6-11(14)15(19)20/h4-5,9,11,14H,6-7H2,1-3H3,(H,19,20). The molecule has 0 aliphatic carbocycles. The molecule has 1 aliphatic rings. The minimum Gasteiger partial charge on any atom is -0.481 e. The zero-order chi connectivity index (χ0) is 15.7. The van der Waals surface area contributed by atoms with Crippen LogP contribution in [0.4, 0.5) is 8.78 Å². The van der Waals surface area contributed by atoms with Crippen LogP contribution in [0, 0.1) is 24.5 Å². The van der Waals surface area contributed by atoms with E-state index >= 15 is 0 Å². The number of carboxylic acid groups (broad SMARTS) is 1. The molecular formula is C15H19F2NO3. The van der Waals surface area contributed by atoms with Gasteiger partial charge >= 0.3 is 5.97 Å². The van der Waals surface area contributed by atoms with Crippen LogP contribution in [0.2, 0.25) is 0 Å². The Morgan fingerprint density at radius 1 is 1.38 bits per heavy atom. The summed E-state index contributed by atoms with van der Waals surface area (Å²) >= 11 is 0. The number of nitrogens with zero attached hydrogens (tertiary/aromatic N) is 1. The number of halogens is 2. The highest BCUT2D eigenvalue weighted by atomic mass is 19.1. The summed E-state index contributed by atoms with van der Waals surface area (Å²) in [5.74, 6) is -2.55. The molecule has 1 N–H and O–H groups in total. The number of ether oxygens (including phenoxy) is 1. The van der Waals surface area contributed by atoms with E-state index in [9.17, 15) is 18.7 Å². The van der Waals surface area contributed by atoms with E-state index in [2.05, 4.69) is 0 Å². The first-order valence-corrected chi connectivity index (χ1v) is 6.81. The first kappa shape index (κ1) is 15.9. The second-order valence-electron chi connectivity index (χ2n) is 5.51. The summed E-state index contributed by atoms with van der Waals surface area (Å²) in [6.45, 7) is 3.64. The van der Waals surface area contributed by atoms with Crippen LogP contribution in [-0.2, 0) is 9.53 Å². The van der Waals surface area contributed by atoms with E-state index in [4.69, 9.17) is 4.74 Å². The van der Waals surface area contributed by atoms with Crippen molar-refractivity contribution in [3.63, 3.8) is 0 Å². The fourth-order valence-corrected chi connectivity index (χ4v) is 2.67. The number of carboxylic acids is 1. The third-order valence-corrected chi connectivity index (χ3v) is 4.23. The zero-order valence-corrected chi connectivity index (χ0v) is 12.3. The number of likely N-dealkylation sites (N-methyl/N-ethyl adjacent to an activating group) is 1. The molecule has 3 atom stereocenters. The number of carbonyl (C=O) groups is 1. The minimum atomic E-state index is -0.938.